The Morgan fingerprint density at radius 2 is 1.09 bits per heavy atom. The van der Waals surface area contributed by atoms with Crippen molar-refractivity contribution in [1.29, 1.82) is 0 Å². The van der Waals surface area contributed by atoms with E-state index in [9.17, 15) is 0 Å². The standard InChI is InChI=1S/C70H61N4O.Pt/c1-65(2,3)45-39-40-71-63(41-45)74-59-34-19-12-25-49(59)50-38-37-48(43-62(50)74)75-47-24-22-23-46(42-47)72-44-73(61-36-21-20-35-60(61)72)70-53-28-13-10-26-51(53)64(52-27-11-14-29-54(52)70)68(66(4,5)6)55-30-15-17-32-57(55)69(70,67(7,8)9)58-33-18-16-31-56(58)68;/h10-41,44,64H,1-9H3;/q-3;. The minimum atomic E-state index is -0.811. The van der Waals surface area contributed by atoms with Crippen molar-refractivity contribution < 1.29 is 25.8 Å². The first-order valence-corrected chi connectivity index (χ1v) is 26.7. The number of fused-ring (bicyclic) bond motifs is 4. The molecule has 0 spiro atoms. The van der Waals surface area contributed by atoms with Gasteiger partial charge in [-0.15, -0.1) is 41.4 Å². The number of rotatable bonds is 5. The fourth-order valence-electron chi connectivity index (χ4n) is 15.2. The van der Waals surface area contributed by atoms with Crippen LogP contribution in [-0.2, 0) is 42.8 Å². The molecule has 4 bridgehead atoms. The monoisotopic (exact) mass is 1170 g/mol. The van der Waals surface area contributed by atoms with Gasteiger partial charge in [0, 0.05) is 67.0 Å². The molecule has 7 aliphatic rings. The Kier molecular flexibility index (Phi) is 10.6. The molecular weight excluding hydrogens is 1110 g/mol. The van der Waals surface area contributed by atoms with Crippen LogP contribution in [0.25, 0.3) is 27.6 Å². The summed E-state index contributed by atoms with van der Waals surface area (Å²) in [6, 6.07) is 77.8. The van der Waals surface area contributed by atoms with E-state index < -0.39 is 16.4 Å². The first kappa shape index (κ1) is 48.4. The second-order valence-electron chi connectivity index (χ2n) is 24.4. The molecule has 6 aliphatic carbocycles. The van der Waals surface area contributed by atoms with Gasteiger partial charge in [-0.05, 0) is 102 Å². The van der Waals surface area contributed by atoms with Crippen LogP contribution in [0.2, 0.25) is 0 Å². The topological polar surface area (TPSA) is 33.5 Å². The van der Waals surface area contributed by atoms with Crippen molar-refractivity contribution in [2.75, 3.05) is 9.80 Å². The molecule has 5 nitrogen and oxygen atoms in total. The molecule has 8 aromatic carbocycles. The summed E-state index contributed by atoms with van der Waals surface area (Å²) >= 11 is 0. The largest absolute Gasteiger partial charge is 0.509 e. The van der Waals surface area contributed by atoms with Crippen LogP contribution in [0.3, 0.4) is 0 Å². The van der Waals surface area contributed by atoms with E-state index in [1.54, 1.807) is 0 Å². The van der Waals surface area contributed by atoms with E-state index in [0.717, 1.165) is 44.7 Å². The van der Waals surface area contributed by atoms with Crippen LogP contribution in [0.1, 0.15) is 118 Å². The molecule has 0 unspecified atom stereocenters. The minimum absolute atomic E-state index is 0. The predicted octanol–water partition coefficient (Wildman–Crippen LogP) is 17.0. The number of aromatic nitrogens is 2. The number of benzene rings is 8. The molecule has 17 rings (SSSR count). The zero-order chi connectivity index (χ0) is 51.4. The Bertz CT molecular complexity index is 3880. The summed E-state index contributed by atoms with van der Waals surface area (Å²) in [4.78, 5) is 9.93. The van der Waals surface area contributed by atoms with Crippen molar-refractivity contribution in [2.24, 2.45) is 10.8 Å². The van der Waals surface area contributed by atoms with Crippen molar-refractivity contribution in [3.05, 3.63) is 263 Å². The maximum Gasteiger partial charge on any atom is 0.135 e. The van der Waals surface area contributed by atoms with Crippen molar-refractivity contribution in [2.45, 2.75) is 90.0 Å². The number of para-hydroxylation sites is 3. The molecule has 3 heterocycles. The van der Waals surface area contributed by atoms with Gasteiger partial charge in [0.05, 0.1) is 11.0 Å². The molecule has 380 valence electrons. The fourth-order valence-corrected chi connectivity index (χ4v) is 15.2. The number of hydrogen-bond acceptors (Lipinski definition) is 4. The maximum atomic E-state index is 6.87. The molecule has 0 N–H and O–H groups in total. The van der Waals surface area contributed by atoms with Crippen LogP contribution in [0.15, 0.2) is 194 Å². The minimum Gasteiger partial charge on any atom is -0.509 e. The predicted molar refractivity (Wildman–Crippen MR) is 306 cm³/mol. The van der Waals surface area contributed by atoms with E-state index in [4.69, 9.17) is 9.72 Å². The number of ether oxygens (including phenoxy) is 1. The molecule has 76 heavy (non-hydrogen) atoms. The Hall–Kier alpha value is -7.20. The van der Waals surface area contributed by atoms with Gasteiger partial charge in [0.15, 0.2) is 0 Å². The average Bonchev–Trinajstić information content (AvgIpc) is 4.08. The second-order valence-corrected chi connectivity index (χ2v) is 24.4. The zero-order valence-corrected chi connectivity index (χ0v) is 46.9. The SMILES string of the molecule is CC(C)(C)c1ccnc(-n2c3[c-]c(Oc4[c-]c(N5[CH-]N(C67c8ccccc8C(c8ccccc86)C6(C(C)(C)C)c8ccccc8C7(C(C)(C)C)c7ccccc76)c6ccccc65)ccc4)ccc3c3ccccc32)c1.[Pt]. The molecule has 0 saturated carbocycles. The molecule has 10 aromatic rings. The summed E-state index contributed by atoms with van der Waals surface area (Å²) in [7, 11) is 0. The molecule has 0 fully saturated rings. The second kappa shape index (κ2) is 16.6. The smallest absolute Gasteiger partial charge is 0.135 e. The van der Waals surface area contributed by atoms with Gasteiger partial charge in [0.1, 0.15) is 5.82 Å². The van der Waals surface area contributed by atoms with E-state index in [-0.39, 0.29) is 43.2 Å². The summed E-state index contributed by atoms with van der Waals surface area (Å²) in [6.45, 7) is 24.0. The molecule has 2 aromatic heterocycles. The first-order chi connectivity index (χ1) is 36.1. The van der Waals surface area contributed by atoms with Gasteiger partial charge in [-0.3, -0.25) is 0 Å². The molecule has 0 radical (unpaired) electrons. The number of hydrogen-bond donors (Lipinski definition) is 0. The number of nitrogens with zero attached hydrogens (tertiary/aromatic N) is 4. The molecule has 0 saturated heterocycles. The third-order valence-electron chi connectivity index (χ3n) is 17.7. The summed E-state index contributed by atoms with van der Waals surface area (Å²) in [5.74, 6) is 2.08. The van der Waals surface area contributed by atoms with Crippen LogP contribution in [0.5, 0.6) is 11.5 Å². The van der Waals surface area contributed by atoms with Crippen molar-refractivity contribution in [1.82, 2.24) is 9.55 Å². The van der Waals surface area contributed by atoms with E-state index in [1.807, 2.05) is 18.3 Å². The van der Waals surface area contributed by atoms with E-state index >= 15 is 0 Å². The Labute approximate surface area is 462 Å². The van der Waals surface area contributed by atoms with Crippen LogP contribution in [-0.4, -0.2) is 9.55 Å². The molecule has 0 atom stereocenters. The fraction of sp³-hybridized carbons (Fsp3) is 0.229. The molecule has 1 aliphatic heterocycles. The number of pyridine rings is 1. The van der Waals surface area contributed by atoms with E-state index in [2.05, 4.69) is 271 Å². The third-order valence-corrected chi connectivity index (χ3v) is 17.7. The van der Waals surface area contributed by atoms with Crippen LogP contribution in [0, 0.1) is 29.6 Å². The van der Waals surface area contributed by atoms with E-state index in [1.165, 1.54) is 50.1 Å². The van der Waals surface area contributed by atoms with Crippen LogP contribution in [0.4, 0.5) is 17.1 Å². The van der Waals surface area contributed by atoms with Crippen LogP contribution < -0.4 is 14.5 Å². The Morgan fingerprint density at radius 3 is 1.72 bits per heavy atom. The summed E-state index contributed by atoms with van der Waals surface area (Å²) in [5.41, 5.74) is 14.9. The zero-order valence-electron chi connectivity index (χ0n) is 44.6. The maximum absolute atomic E-state index is 6.87. The normalized spacial score (nSPS) is 21.0. The number of anilines is 3. The van der Waals surface area contributed by atoms with Gasteiger partial charge in [0.25, 0.3) is 0 Å². The van der Waals surface area contributed by atoms with Gasteiger partial charge < -0.3 is 19.1 Å². The van der Waals surface area contributed by atoms with Crippen LogP contribution >= 0.6 is 0 Å². The molecule has 6 heteroatoms. The quantitative estimate of drug-likeness (QED) is 0.161. The summed E-state index contributed by atoms with van der Waals surface area (Å²) < 4.78 is 9.08. The van der Waals surface area contributed by atoms with Gasteiger partial charge in [-0.2, -0.15) is 18.8 Å². The summed E-state index contributed by atoms with van der Waals surface area (Å²) in [5, 5.41) is 2.23. The van der Waals surface area contributed by atoms with E-state index in [0.29, 0.717) is 11.5 Å². The third kappa shape index (κ3) is 6.15. The van der Waals surface area contributed by atoms with Gasteiger partial charge >= 0.3 is 0 Å². The van der Waals surface area contributed by atoms with Crippen molar-refractivity contribution in [3.63, 3.8) is 0 Å². The van der Waals surface area contributed by atoms with Crippen molar-refractivity contribution in [3.8, 4) is 17.3 Å². The van der Waals surface area contributed by atoms with Gasteiger partial charge in [0.2, 0.25) is 0 Å². The van der Waals surface area contributed by atoms with Gasteiger partial charge in [-0.1, -0.05) is 195 Å². The first-order valence-electron chi connectivity index (χ1n) is 26.7. The van der Waals surface area contributed by atoms with Crippen molar-refractivity contribution >= 4 is 38.9 Å². The Balaban J connectivity index is 0.00000553. The Morgan fingerprint density at radius 1 is 0.526 bits per heavy atom. The molecular formula is C70H61N4OPt-3. The molecule has 0 amide bonds. The van der Waals surface area contributed by atoms with Gasteiger partial charge in [-0.25, -0.2) is 4.98 Å². The summed E-state index contributed by atoms with van der Waals surface area (Å²) in [6.07, 6.45) is 1.92. The average molecular weight is 1170 g/mol.